The van der Waals surface area contributed by atoms with Crippen molar-refractivity contribution < 1.29 is 32.7 Å². The normalized spacial score (nSPS) is 10.8. The fourth-order valence-electron chi connectivity index (χ4n) is 3.42. The summed E-state index contributed by atoms with van der Waals surface area (Å²) < 4.78 is 29.1. The fourth-order valence-corrected chi connectivity index (χ4v) is 3.42. The molecule has 1 heterocycles. The summed E-state index contributed by atoms with van der Waals surface area (Å²) in [5.74, 6) is -1.60. The summed E-state index contributed by atoms with van der Waals surface area (Å²) in [7, 11) is 1.48. The van der Waals surface area contributed by atoms with Gasteiger partial charge < -0.3 is 19.2 Å². The van der Waals surface area contributed by atoms with Gasteiger partial charge in [0.15, 0.2) is 12.4 Å². The van der Waals surface area contributed by atoms with Crippen LogP contribution >= 0.6 is 0 Å². The lowest BCUT2D eigenvalue weighted by atomic mass is 10.1. The van der Waals surface area contributed by atoms with Gasteiger partial charge in [0, 0.05) is 28.8 Å². The number of carbonyl (C=O) groups is 3. The maximum absolute atomic E-state index is 12.9. The molecule has 0 unspecified atom stereocenters. The Labute approximate surface area is 188 Å². The summed E-state index contributed by atoms with van der Waals surface area (Å²) in [6.07, 6.45) is -0.305. The zero-order valence-electron chi connectivity index (χ0n) is 17.7. The summed E-state index contributed by atoms with van der Waals surface area (Å²) in [6.45, 7) is -0.523. The Kier molecular flexibility index (Phi) is 6.35. The van der Waals surface area contributed by atoms with Crippen LogP contribution in [0.3, 0.4) is 0 Å². The number of Topliss-reactive ketones (excluding diaryl/α,β-unsaturated/α-hetero) is 1. The van der Waals surface area contributed by atoms with Crippen LogP contribution < -0.4 is 10.1 Å². The quantitative estimate of drug-likeness (QED) is 0.304. The number of ketones is 1. The largest absolute Gasteiger partial charge is 0.495 e. The second-order valence-electron chi connectivity index (χ2n) is 7.29. The third-order valence-electron chi connectivity index (χ3n) is 5.06. The number of esters is 1. The molecule has 0 saturated carbocycles. The number of anilines is 1. The van der Waals surface area contributed by atoms with Crippen molar-refractivity contribution in [3.63, 3.8) is 0 Å². The Morgan fingerprint density at radius 1 is 0.939 bits per heavy atom. The first-order chi connectivity index (χ1) is 15.9. The molecule has 0 fully saturated rings. The molecule has 33 heavy (non-hydrogen) atoms. The zero-order valence-corrected chi connectivity index (χ0v) is 17.7. The summed E-state index contributed by atoms with van der Waals surface area (Å²) >= 11 is 0. The van der Waals surface area contributed by atoms with Crippen LogP contribution in [-0.4, -0.2) is 31.4 Å². The predicted octanol–water partition coefficient (Wildman–Crippen LogP) is 4.88. The van der Waals surface area contributed by atoms with Gasteiger partial charge in [0.25, 0.3) is 5.91 Å². The molecule has 0 aliphatic rings. The summed E-state index contributed by atoms with van der Waals surface area (Å²) in [4.78, 5) is 36.3. The van der Waals surface area contributed by atoms with Crippen molar-refractivity contribution in [3.05, 3.63) is 72.0 Å². The van der Waals surface area contributed by atoms with E-state index in [0.29, 0.717) is 28.2 Å². The van der Waals surface area contributed by atoms with Crippen LogP contribution in [0.5, 0.6) is 5.75 Å². The zero-order chi connectivity index (χ0) is 23.4. The van der Waals surface area contributed by atoms with E-state index in [1.54, 1.807) is 12.1 Å². The molecule has 0 spiro atoms. The summed E-state index contributed by atoms with van der Waals surface area (Å²) in [6, 6.07) is 16.0. The van der Waals surface area contributed by atoms with E-state index in [-0.39, 0.29) is 18.6 Å². The standard InChI is InChI=1S/C25H20FNO6/c1-31-23-12-18-17-4-2-3-5-21(17)33-22(18)13-19(23)27-24(29)14-32-25(30)11-10-20(28)15-6-8-16(26)9-7-15/h2-9,12-13H,10-11,14H2,1H3,(H,27,29). The third-order valence-corrected chi connectivity index (χ3v) is 5.06. The van der Waals surface area contributed by atoms with Crippen LogP contribution in [0.25, 0.3) is 21.9 Å². The van der Waals surface area contributed by atoms with Gasteiger partial charge in [0.05, 0.1) is 19.2 Å². The molecule has 1 N–H and O–H groups in total. The molecule has 0 radical (unpaired) electrons. The number of carbonyl (C=O) groups excluding carboxylic acids is 3. The van der Waals surface area contributed by atoms with Gasteiger partial charge >= 0.3 is 5.97 Å². The van der Waals surface area contributed by atoms with Crippen molar-refractivity contribution in [1.29, 1.82) is 0 Å². The van der Waals surface area contributed by atoms with Crippen LogP contribution in [0.1, 0.15) is 23.2 Å². The molecule has 8 heteroatoms. The highest BCUT2D eigenvalue weighted by molar-refractivity contribution is 6.08. The maximum Gasteiger partial charge on any atom is 0.306 e. The molecule has 3 aromatic carbocycles. The molecule has 0 aliphatic heterocycles. The molecular formula is C25H20FNO6. The van der Waals surface area contributed by atoms with Crippen LogP contribution in [0, 0.1) is 5.82 Å². The average Bonchev–Trinajstić information content (AvgIpc) is 3.18. The van der Waals surface area contributed by atoms with E-state index >= 15 is 0 Å². The van der Waals surface area contributed by atoms with Crippen molar-refractivity contribution >= 4 is 45.3 Å². The second-order valence-corrected chi connectivity index (χ2v) is 7.29. The minimum atomic E-state index is -0.694. The molecule has 1 amide bonds. The number of furan rings is 1. The number of fused-ring (bicyclic) bond motifs is 3. The summed E-state index contributed by atoms with van der Waals surface area (Å²) in [5.41, 5.74) is 1.96. The minimum absolute atomic E-state index is 0.109. The van der Waals surface area contributed by atoms with E-state index < -0.39 is 24.3 Å². The maximum atomic E-state index is 12.9. The first-order valence-electron chi connectivity index (χ1n) is 10.2. The highest BCUT2D eigenvalue weighted by Crippen LogP contribution is 2.36. The molecule has 168 valence electrons. The lowest BCUT2D eigenvalue weighted by molar-refractivity contribution is -0.147. The topological polar surface area (TPSA) is 94.8 Å². The van der Waals surface area contributed by atoms with Gasteiger partial charge in [-0.3, -0.25) is 14.4 Å². The third kappa shape index (κ3) is 5.01. The Balaban J connectivity index is 1.34. The number of halogens is 1. The van der Waals surface area contributed by atoms with Gasteiger partial charge in [-0.2, -0.15) is 0 Å². The molecule has 7 nitrogen and oxygen atoms in total. The summed E-state index contributed by atoms with van der Waals surface area (Å²) in [5, 5.41) is 4.41. The van der Waals surface area contributed by atoms with Crippen molar-refractivity contribution in [1.82, 2.24) is 0 Å². The monoisotopic (exact) mass is 449 g/mol. The Morgan fingerprint density at radius 3 is 2.45 bits per heavy atom. The molecule has 4 rings (SSSR count). The van der Waals surface area contributed by atoms with E-state index in [4.69, 9.17) is 13.9 Å². The molecule has 4 aromatic rings. The highest BCUT2D eigenvalue weighted by atomic mass is 19.1. The Morgan fingerprint density at radius 2 is 1.70 bits per heavy atom. The van der Waals surface area contributed by atoms with Gasteiger partial charge in [-0.05, 0) is 36.4 Å². The second kappa shape index (κ2) is 9.52. The molecule has 0 bridgehead atoms. The predicted molar refractivity (Wildman–Crippen MR) is 120 cm³/mol. The number of hydrogen-bond donors (Lipinski definition) is 1. The van der Waals surface area contributed by atoms with E-state index in [0.717, 1.165) is 10.8 Å². The van der Waals surface area contributed by atoms with Crippen LogP contribution in [0.4, 0.5) is 10.1 Å². The van der Waals surface area contributed by atoms with Gasteiger partial charge in [0.2, 0.25) is 0 Å². The first kappa shape index (κ1) is 22.0. The average molecular weight is 449 g/mol. The smallest absolute Gasteiger partial charge is 0.306 e. The van der Waals surface area contributed by atoms with Crippen LogP contribution in [-0.2, 0) is 14.3 Å². The van der Waals surface area contributed by atoms with Gasteiger partial charge in [-0.1, -0.05) is 18.2 Å². The first-order valence-corrected chi connectivity index (χ1v) is 10.2. The minimum Gasteiger partial charge on any atom is -0.495 e. The van der Waals surface area contributed by atoms with Crippen molar-refractivity contribution in [2.45, 2.75) is 12.8 Å². The number of rotatable bonds is 8. The molecule has 0 saturated heterocycles. The number of amides is 1. The van der Waals surface area contributed by atoms with Crippen molar-refractivity contribution in [2.75, 3.05) is 19.0 Å². The van der Waals surface area contributed by atoms with Gasteiger partial charge in [-0.15, -0.1) is 0 Å². The van der Waals surface area contributed by atoms with Crippen molar-refractivity contribution in [3.8, 4) is 5.75 Å². The van der Waals surface area contributed by atoms with E-state index in [2.05, 4.69) is 5.32 Å². The van der Waals surface area contributed by atoms with E-state index in [9.17, 15) is 18.8 Å². The molecular weight excluding hydrogens is 429 g/mol. The fraction of sp³-hybridized carbons (Fsp3) is 0.160. The van der Waals surface area contributed by atoms with E-state index in [1.807, 2.05) is 24.3 Å². The van der Waals surface area contributed by atoms with Crippen LogP contribution in [0.2, 0.25) is 0 Å². The van der Waals surface area contributed by atoms with Crippen molar-refractivity contribution in [2.24, 2.45) is 0 Å². The molecule has 1 aromatic heterocycles. The number of ether oxygens (including phenoxy) is 2. The highest BCUT2D eigenvalue weighted by Gasteiger charge is 2.16. The number of methoxy groups -OCH3 is 1. The lowest BCUT2D eigenvalue weighted by Crippen LogP contribution is -2.21. The number of benzene rings is 3. The number of hydrogen-bond acceptors (Lipinski definition) is 6. The Bertz CT molecular complexity index is 1340. The number of para-hydroxylation sites is 1. The van der Waals surface area contributed by atoms with Gasteiger partial charge in [0.1, 0.15) is 22.7 Å². The van der Waals surface area contributed by atoms with Gasteiger partial charge in [-0.25, -0.2) is 4.39 Å². The SMILES string of the molecule is COc1cc2c(cc1NC(=O)COC(=O)CCC(=O)c1ccc(F)cc1)oc1ccccc12. The Hall–Kier alpha value is -4.20. The lowest BCUT2D eigenvalue weighted by Gasteiger charge is -2.10. The molecule has 0 atom stereocenters. The number of nitrogens with one attached hydrogen (secondary N) is 1. The van der Waals surface area contributed by atoms with E-state index in [1.165, 1.54) is 31.4 Å². The molecule has 0 aliphatic carbocycles. The van der Waals surface area contributed by atoms with Crippen LogP contribution in [0.15, 0.2) is 65.1 Å².